The largest absolute Gasteiger partial charge is 0.416 e. The highest BCUT2D eigenvalue weighted by Gasteiger charge is 2.03. The summed E-state index contributed by atoms with van der Waals surface area (Å²) in [4.78, 5) is 20.9. The van der Waals surface area contributed by atoms with Crippen LogP contribution < -0.4 is 11.1 Å². The van der Waals surface area contributed by atoms with Crippen molar-refractivity contribution >= 4 is 12.2 Å². The molecule has 0 aliphatic carbocycles. The van der Waals surface area contributed by atoms with Crippen LogP contribution in [0.5, 0.6) is 0 Å². The second-order valence-electron chi connectivity index (χ2n) is 3.40. The summed E-state index contributed by atoms with van der Waals surface area (Å²) in [5.41, 5.74) is 4.66. The molecule has 5 nitrogen and oxygen atoms in total. The van der Waals surface area contributed by atoms with Crippen molar-refractivity contribution < 1.29 is 14.3 Å². The second-order valence-corrected chi connectivity index (χ2v) is 3.40. The monoisotopic (exact) mass is 216 g/mol. The maximum Gasteiger partial charge on any atom is 0.416 e. The van der Waals surface area contributed by atoms with E-state index in [1.807, 2.05) is 0 Å². The Kier molecular flexibility index (Phi) is 8.52. The topological polar surface area (TPSA) is 81.4 Å². The predicted octanol–water partition coefficient (Wildman–Crippen LogP) is 2.15. The molecule has 0 aromatic carbocycles. The number of ether oxygens (including phenoxy) is 1. The number of primary amides is 1. The van der Waals surface area contributed by atoms with Crippen LogP contribution in [0.2, 0.25) is 0 Å². The zero-order chi connectivity index (χ0) is 11.5. The van der Waals surface area contributed by atoms with E-state index in [1.165, 1.54) is 25.7 Å². The molecule has 2 amide bonds. The molecule has 5 heteroatoms. The van der Waals surface area contributed by atoms with E-state index in [-0.39, 0.29) is 0 Å². The number of alkyl carbamates (subject to hydrolysis) is 1. The highest BCUT2D eigenvalue weighted by molar-refractivity contribution is 5.82. The van der Waals surface area contributed by atoms with Crippen molar-refractivity contribution in [3.63, 3.8) is 0 Å². The first-order chi connectivity index (χ1) is 7.16. The van der Waals surface area contributed by atoms with Crippen molar-refractivity contribution in [3.8, 4) is 0 Å². The Bertz CT molecular complexity index is 195. The van der Waals surface area contributed by atoms with E-state index < -0.39 is 12.2 Å². The first kappa shape index (κ1) is 13.7. The average molecular weight is 216 g/mol. The van der Waals surface area contributed by atoms with Gasteiger partial charge < -0.3 is 15.8 Å². The summed E-state index contributed by atoms with van der Waals surface area (Å²) in [6.07, 6.45) is 5.05. The van der Waals surface area contributed by atoms with Gasteiger partial charge in [-0.2, -0.15) is 0 Å². The Morgan fingerprint density at radius 1 is 1.13 bits per heavy atom. The van der Waals surface area contributed by atoms with Crippen LogP contribution in [0.1, 0.15) is 45.4 Å². The average Bonchev–Trinajstić information content (AvgIpc) is 2.15. The van der Waals surface area contributed by atoms with Crippen molar-refractivity contribution in [1.29, 1.82) is 0 Å². The fourth-order valence-electron chi connectivity index (χ4n) is 1.22. The number of nitrogens with two attached hydrogens (primary N) is 1. The zero-order valence-electron chi connectivity index (χ0n) is 9.25. The van der Waals surface area contributed by atoms with Gasteiger partial charge in [0.15, 0.2) is 0 Å². The fourth-order valence-corrected chi connectivity index (χ4v) is 1.22. The number of amides is 2. The number of carbonyl (C=O) groups is 2. The summed E-state index contributed by atoms with van der Waals surface area (Å²) >= 11 is 0. The molecule has 0 unspecified atom stereocenters. The standard InChI is InChI=1S/C10H20N2O3/c1-2-3-4-5-6-7-8-12-10(14)15-9(11)13/h2-8H2,1H3,(H2,11,13)(H,12,14). The van der Waals surface area contributed by atoms with Gasteiger partial charge in [0.05, 0.1) is 0 Å². The summed E-state index contributed by atoms with van der Waals surface area (Å²) in [7, 11) is 0. The van der Waals surface area contributed by atoms with Crippen molar-refractivity contribution in [3.05, 3.63) is 0 Å². The Labute approximate surface area is 90.4 Å². The van der Waals surface area contributed by atoms with Gasteiger partial charge in [-0.05, 0) is 6.42 Å². The maximum absolute atomic E-state index is 10.8. The van der Waals surface area contributed by atoms with E-state index in [2.05, 4.69) is 22.7 Å². The fraction of sp³-hybridized carbons (Fsp3) is 0.800. The van der Waals surface area contributed by atoms with Gasteiger partial charge in [0.2, 0.25) is 0 Å². The van der Waals surface area contributed by atoms with Crippen molar-refractivity contribution in [2.45, 2.75) is 45.4 Å². The first-order valence-electron chi connectivity index (χ1n) is 5.42. The van der Waals surface area contributed by atoms with Gasteiger partial charge in [0.1, 0.15) is 0 Å². The quantitative estimate of drug-likeness (QED) is 0.505. The van der Waals surface area contributed by atoms with Crippen LogP contribution in [-0.2, 0) is 4.74 Å². The lowest BCUT2D eigenvalue weighted by Crippen LogP contribution is -2.29. The molecule has 0 aliphatic heterocycles. The van der Waals surface area contributed by atoms with Gasteiger partial charge in [-0.1, -0.05) is 39.0 Å². The van der Waals surface area contributed by atoms with Crippen LogP contribution in [0.25, 0.3) is 0 Å². The van der Waals surface area contributed by atoms with Gasteiger partial charge in [-0.15, -0.1) is 0 Å². The van der Waals surface area contributed by atoms with Gasteiger partial charge in [0, 0.05) is 6.54 Å². The maximum atomic E-state index is 10.8. The molecule has 15 heavy (non-hydrogen) atoms. The number of hydrogen-bond acceptors (Lipinski definition) is 3. The minimum atomic E-state index is -1.07. The Morgan fingerprint density at radius 2 is 1.73 bits per heavy atom. The van der Waals surface area contributed by atoms with Crippen molar-refractivity contribution in [2.24, 2.45) is 5.73 Å². The number of nitrogens with one attached hydrogen (secondary N) is 1. The molecule has 0 spiro atoms. The SMILES string of the molecule is CCCCCCCCNC(=O)OC(N)=O. The summed E-state index contributed by atoms with van der Waals surface area (Å²) < 4.78 is 4.08. The van der Waals surface area contributed by atoms with E-state index in [0.29, 0.717) is 6.54 Å². The third kappa shape index (κ3) is 10.7. The molecule has 0 heterocycles. The molecule has 0 saturated carbocycles. The number of rotatable bonds is 7. The van der Waals surface area contributed by atoms with E-state index in [9.17, 15) is 9.59 Å². The first-order valence-corrected chi connectivity index (χ1v) is 5.42. The Morgan fingerprint density at radius 3 is 2.33 bits per heavy atom. The van der Waals surface area contributed by atoms with Crippen LogP contribution in [0.3, 0.4) is 0 Å². The summed E-state index contributed by atoms with van der Waals surface area (Å²) in [5.74, 6) is 0. The van der Waals surface area contributed by atoms with Crippen molar-refractivity contribution in [2.75, 3.05) is 6.54 Å². The van der Waals surface area contributed by atoms with E-state index >= 15 is 0 Å². The van der Waals surface area contributed by atoms with E-state index in [0.717, 1.165) is 12.8 Å². The van der Waals surface area contributed by atoms with Gasteiger partial charge in [-0.3, -0.25) is 0 Å². The molecule has 88 valence electrons. The van der Waals surface area contributed by atoms with Gasteiger partial charge in [0.25, 0.3) is 0 Å². The van der Waals surface area contributed by atoms with Crippen LogP contribution in [0.15, 0.2) is 0 Å². The van der Waals surface area contributed by atoms with Crippen molar-refractivity contribution in [1.82, 2.24) is 5.32 Å². The number of carbonyl (C=O) groups excluding carboxylic acids is 2. The molecule has 0 radical (unpaired) electrons. The summed E-state index contributed by atoms with van der Waals surface area (Å²) in [5, 5.41) is 2.44. The van der Waals surface area contributed by atoms with E-state index in [4.69, 9.17) is 0 Å². The molecular weight excluding hydrogens is 196 g/mol. The second kappa shape index (κ2) is 9.30. The molecular formula is C10H20N2O3. The third-order valence-corrected chi connectivity index (χ3v) is 1.99. The van der Waals surface area contributed by atoms with Crippen LogP contribution >= 0.6 is 0 Å². The molecule has 0 aliphatic rings. The normalized spacial score (nSPS) is 9.67. The molecule has 0 atom stereocenters. The van der Waals surface area contributed by atoms with Crippen LogP contribution in [-0.4, -0.2) is 18.7 Å². The van der Waals surface area contributed by atoms with Gasteiger partial charge in [-0.25, -0.2) is 9.59 Å². The summed E-state index contributed by atoms with van der Waals surface area (Å²) in [6, 6.07) is 0. The molecule has 0 rings (SSSR count). The summed E-state index contributed by atoms with van der Waals surface area (Å²) in [6.45, 7) is 2.69. The smallest absolute Gasteiger partial charge is 0.360 e. The van der Waals surface area contributed by atoms with Gasteiger partial charge >= 0.3 is 12.2 Å². The lowest BCUT2D eigenvalue weighted by molar-refractivity contribution is 0.157. The molecule has 0 aromatic rings. The predicted molar refractivity (Wildman–Crippen MR) is 57.4 cm³/mol. The zero-order valence-corrected chi connectivity index (χ0v) is 9.25. The third-order valence-electron chi connectivity index (χ3n) is 1.99. The highest BCUT2D eigenvalue weighted by Crippen LogP contribution is 2.03. The van der Waals surface area contributed by atoms with E-state index in [1.54, 1.807) is 0 Å². The minimum Gasteiger partial charge on any atom is -0.360 e. The lowest BCUT2D eigenvalue weighted by atomic mass is 10.1. The van der Waals surface area contributed by atoms with Crippen LogP contribution in [0, 0.1) is 0 Å². The molecule has 0 fully saturated rings. The Balaban J connectivity index is 3.16. The van der Waals surface area contributed by atoms with Crippen LogP contribution in [0.4, 0.5) is 9.59 Å². The molecule has 0 aromatic heterocycles. The molecule has 3 N–H and O–H groups in total. The Hall–Kier alpha value is -1.26. The minimum absolute atomic E-state index is 0.526. The number of unbranched alkanes of at least 4 members (excludes halogenated alkanes) is 5. The molecule has 0 bridgehead atoms. The molecule has 0 saturated heterocycles. The number of hydrogen-bond donors (Lipinski definition) is 2. The lowest BCUT2D eigenvalue weighted by Gasteiger charge is -2.03. The highest BCUT2D eigenvalue weighted by atomic mass is 16.6.